The van der Waals surface area contributed by atoms with Gasteiger partial charge in [-0.2, -0.15) is 12.2 Å². The van der Waals surface area contributed by atoms with E-state index in [4.69, 9.17) is 0 Å². The second-order valence-corrected chi connectivity index (χ2v) is 9.08. The number of allylic oxidation sites excluding steroid dienone is 4. The van der Waals surface area contributed by atoms with Crippen molar-refractivity contribution in [2.24, 2.45) is 5.41 Å². The van der Waals surface area contributed by atoms with Crippen molar-refractivity contribution in [3.63, 3.8) is 0 Å². The normalized spacial score (nSPS) is 22.1. The lowest BCUT2D eigenvalue weighted by molar-refractivity contribution is 0.614. The van der Waals surface area contributed by atoms with E-state index in [0.717, 1.165) is 0 Å². The molecule has 0 spiro atoms. The fraction of sp³-hybridized carbons (Fsp3) is 0.600. The summed E-state index contributed by atoms with van der Waals surface area (Å²) in [6.45, 7) is 11.4. The van der Waals surface area contributed by atoms with E-state index in [1.54, 1.807) is 0 Å². The summed E-state index contributed by atoms with van der Waals surface area (Å²) in [7, 11) is -0.825. The molecule has 0 unspecified atom stereocenters. The average Bonchev–Trinajstić information content (AvgIpc) is 2.07. The van der Waals surface area contributed by atoms with Crippen molar-refractivity contribution < 1.29 is 0 Å². The zero-order valence-corrected chi connectivity index (χ0v) is 9.00. The van der Waals surface area contributed by atoms with Gasteiger partial charge in [0, 0.05) is 7.26 Å². The SMILES string of the molecule is CC1(C)[C-]=C([P+](C)(C)C)C=C1. The predicted molar refractivity (Wildman–Crippen MR) is 54.4 cm³/mol. The number of rotatable bonds is 1. The van der Waals surface area contributed by atoms with Gasteiger partial charge < -0.3 is 0 Å². The first kappa shape index (κ1) is 9.00. The Morgan fingerprint density at radius 2 is 1.82 bits per heavy atom. The molecule has 1 rings (SSSR count). The van der Waals surface area contributed by atoms with Crippen molar-refractivity contribution in [1.29, 1.82) is 0 Å². The van der Waals surface area contributed by atoms with Gasteiger partial charge in [0.05, 0.1) is 20.0 Å². The molecule has 0 fully saturated rings. The molecule has 0 radical (unpaired) electrons. The maximum Gasteiger partial charge on any atom is 0.0501 e. The van der Waals surface area contributed by atoms with Gasteiger partial charge in [-0.15, -0.1) is 0 Å². The van der Waals surface area contributed by atoms with E-state index >= 15 is 0 Å². The lowest BCUT2D eigenvalue weighted by Gasteiger charge is -2.21. The molecule has 0 saturated carbocycles. The first-order valence-electron chi connectivity index (χ1n) is 3.98. The summed E-state index contributed by atoms with van der Waals surface area (Å²) in [5.74, 6) is 0. The van der Waals surface area contributed by atoms with E-state index in [1.165, 1.54) is 5.31 Å². The van der Waals surface area contributed by atoms with Gasteiger partial charge in [0.25, 0.3) is 0 Å². The molecule has 0 bridgehead atoms. The molecule has 62 valence electrons. The van der Waals surface area contributed by atoms with Gasteiger partial charge in [0.1, 0.15) is 0 Å². The molecule has 0 amide bonds. The molecule has 1 heteroatoms. The summed E-state index contributed by atoms with van der Waals surface area (Å²) in [4.78, 5) is 0. The highest BCUT2D eigenvalue weighted by atomic mass is 31.2. The van der Waals surface area contributed by atoms with Crippen molar-refractivity contribution in [3.05, 3.63) is 23.5 Å². The first-order chi connectivity index (χ1) is 4.81. The average molecular weight is 168 g/mol. The smallest absolute Gasteiger partial charge is 0.0501 e. The van der Waals surface area contributed by atoms with Crippen LogP contribution in [0, 0.1) is 11.5 Å². The van der Waals surface area contributed by atoms with Crippen molar-refractivity contribution in [3.8, 4) is 0 Å². The maximum absolute atomic E-state index is 3.53. The highest BCUT2D eigenvalue weighted by Crippen LogP contribution is 2.58. The van der Waals surface area contributed by atoms with Gasteiger partial charge in [0.2, 0.25) is 0 Å². The van der Waals surface area contributed by atoms with Crippen molar-refractivity contribution in [2.45, 2.75) is 13.8 Å². The van der Waals surface area contributed by atoms with Crippen molar-refractivity contribution >= 4 is 7.26 Å². The zero-order valence-electron chi connectivity index (χ0n) is 8.10. The summed E-state index contributed by atoms with van der Waals surface area (Å²) in [6.07, 6.45) is 8.01. The van der Waals surface area contributed by atoms with Gasteiger partial charge >= 0.3 is 0 Å². The fourth-order valence-corrected chi connectivity index (χ4v) is 2.24. The first-order valence-corrected chi connectivity index (χ1v) is 7.11. The van der Waals surface area contributed by atoms with Crippen LogP contribution in [0.4, 0.5) is 0 Å². The third kappa shape index (κ3) is 2.17. The van der Waals surface area contributed by atoms with Crippen molar-refractivity contribution in [2.75, 3.05) is 20.0 Å². The highest BCUT2D eigenvalue weighted by molar-refractivity contribution is 7.77. The Balaban J connectivity index is 2.89. The van der Waals surface area contributed by atoms with Crippen LogP contribution in [0.1, 0.15) is 13.8 Å². The summed E-state index contributed by atoms with van der Waals surface area (Å²) >= 11 is 0. The van der Waals surface area contributed by atoms with Crippen LogP contribution in [0.25, 0.3) is 0 Å². The Hall–Kier alpha value is -0.0900. The Kier molecular flexibility index (Phi) is 2.01. The van der Waals surface area contributed by atoms with Crippen LogP contribution >= 0.6 is 7.26 Å². The molecule has 0 saturated heterocycles. The molecule has 0 aromatic heterocycles. The Labute approximate surface area is 70.7 Å². The Morgan fingerprint density at radius 1 is 1.27 bits per heavy atom. The summed E-state index contributed by atoms with van der Waals surface area (Å²) in [6, 6.07) is 0. The van der Waals surface area contributed by atoms with Crippen LogP contribution in [0.15, 0.2) is 17.5 Å². The maximum atomic E-state index is 3.53. The van der Waals surface area contributed by atoms with Gasteiger partial charge in [-0.3, -0.25) is 0 Å². The van der Waals surface area contributed by atoms with Gasteiger partial charge in [0.15, 0.2) is 0 Å². The van der Waals surface area contributed by atoms with E-state index in [9.17, 15) is 0 Å². The van der Waals surface area contributed by atoms with Crippen LogP contribution in [0.5, 0.6) is 0 Å². The van der Waals surface area contributed by atoms with Crippen LogP contribution in [0.2, 0.25) is 0 Å². The molecule has 0 aromatic rings. The van der Waals surface area contributed by atoms with Gasteiger partial charge in [-0.1, -0.05) is 24.6 Å². The molecule has 0 atom stereocenters. The molecule has 1 aliphatic rings. The van der Waals surface area contributed by atoms with Crippen LogP contribution in [0.3, 0.4) is 0 Å². The van der Waals surface area contributed by atoms with Crippen LogP contribution in [-0.2, 0) is 0 Å². The predicted octanol–water partition coefficient (Wildman–Crippen LogP) is 3.18. The minimum absolute atomic E-state index is 0.183. The molecule has 1 aliphatic carbocycles. The highest BCUT2D eigenvalue weighted by Gasteiger charge is 2.20. The molecule has 0 aromatic carbocycles. The number of hydrogen-bond acceptors (Lipinski definition) is 0. The topological polar surface area (TPSA) is 0 Å². The summed E-state index contributed by atoms with van der Waals surface area (Å²) in [5.41, 5.74) is 0.183. The lowest BCUT2D eigenvalue weighted by atomic mass is 9.97. The second kappa shape index (κ2) is 2.45. The molecule has 11 heavy (non-hydrogen) atoms. The molecule has 0 aliphatic heterocycles. The Morgan fingerprint density at radius 3 is 2.00 bits per heavy atom. The second-order valence-electron chi connectivity index (χ2n) is 4.58. The van der Waals surface area contributed by atoms with Gasteiger partial charge in [-0.05, 0) is 0 Å². The fourth-order valence-electron chi connectivity index (χ4n) is 1.09. The third-order valence-electron chi connectivity index (χ3n) is 1.83. The van der Waals surface area contributed by atoms with E-state index in [1.807, 2.05) is 0 Å². The summed E-state index contributed by atoms with van der Waals surface area (Å²) < 4.78 is 0. The Bertz CT molecular complexity index is 214. The largest absolute Gasteiger partial charge is 0.222 e. The van der Waals surface area contributed by atoms with Gasteiger partial charge in [-0.25, -0.2) is 6.08 Å². The summed E-state index contributed by atoms with van der Waals surface area (Å²) in [5, 5.41) is 1.45. The van der Waals surface area contributed by atoms with Crippen LogP contribution < -0.4 is 0 Å². The van der Waals surface area contributed by atoms with E-state index in [2.05, 4.69) is 52.1 Å². The zero-order chi connectivity index (χ0) is 8.70. The molecular formula is C10H17P. The monoisotopic (exact) mass is 168 g/mol. The van der Waals surface area contributed by atoms with E-state index < -0.39 is 7.26 Å². The van der Waals surface area contributed by atoms with E-state index in [0.29, 0.717) is 0 Å². The van der Waals surface area contributed by atoms with Crippen LogP contribution in [-0.4, -0.2) is 20.0 Å². The molecule has 0 N–H and O–H groups in total. The quantitative estimate of drug-likeness (QED) is 0.416. The number of hydrogen-bond donors (Lipinski definition) is 0. The lowest BCUT2D eigenvalue weighted by Crippen LogP contribution is -1.99. The third-order valence-corrected chi connectivity index (χ3v) is 3.54. The standard InChI is InChI=1S/C10H17P/c1-10(2)7-6-9(8-10)11(3,4)5/h6-7H,1-5H3. The van der Waals surface area contributed by atoms with Crippen molar-refractivity contribution in [1.82, 2.24) is 0 Å². The molecule has 0 heterocycles. The van der Waals surface area contributed by atoms with E-state index in [-0.39, 0.29) is 5.41 Å². The molecule has 0 nitrogen and oxygen atoms in total. The minimum atomic E-state index is -0.825. The minimum Gasteiger partial charge on any atom is -0.222 e. The molecular weight excluding hydrogens is 151 g/mol.